The first-order valence-electron chi connectivity index (χ1n) is 12.7. The van der Waals surface area contributed by atoms with Gasteiger partial charge in [-0.15, -0.1) is 0 Å². The lowest BCUT2D eigenvalue weighted by Gasteiger charge is -2.44. The van der Waals surface area contributed by atoms with E-state index in [-0.39, 0.29) is 24.1 Å². The van der Waals surface area contributed by atoms with Gasteiger partial charge in [0, 0.05) is 23.6 Å². The highest BCUT2D eigenvalue weighted by Crippen LogP contribution is 2.45. The number of benzene rings is 3. The second-order valence-corrected chi connectivity index (χ2v) is 9.83. The van der Waals surface area contributed by atoms with Gasteiger partial charge in [0.1, 0.15) is 18.1 Å². The molecule has 2 aliphatic heterocycles. The van der Waals surface area contributed by atoms with Crippen molar-refractivity contribution in [3.63, 3.8) is 0 Å². The number of carbonyl (C=O) groups excluding carboxylic acids is 1. The quantitative estimate of drug-likeness (QED) is 0.409. The molecule has 1 fully saturated rings. The van der Waals surface area contributed by atoms with Crippen LogP contribution in [0.4, 0.5) is 4.79 Å². The minimum absolute atomic E-state index is 0.0370. The maximum absolute atomic E-state index is 13.5. The number of hydrogen-bond donors (Lipinski definition) is 0. The SMILES string of the molecule is COc1ccc(C2=CC3CCCC(C2)N3C(=O)OCC2c3ccccc3-c3ccccc32)c(OC)c1. The summed E-state index contributed by atoms with van der Waals surface area (Å²) in [4.78, 5) is 15.5. The molecule has 184 valence electrons. The van der Waals surface area contributed by atoms with Crippen LogP contribution in [0.15, 0.2) is 72.8 Å². The molecule has 2 heterocycles. The number of fused-ring (bicyclic) bond motifs is 5. The van der Waals surface area contributed by atoms with Gasteiger partial charge in [-0.1, -0.05) is 54.6 Å². The van der Waals surface area contributed by atoms with Crippen molar-refractivity contribution in [2.24, 2.45) is 0 Å². The number of piperidine rings is 1. The van der Waals surface area contributed by atoms with Gasteiger partial charge in [-0.05, 0) is 65.6 Å². The third-order valence-corrected chi connectivity index (χ3v) is 7.94. The van der Waals surface area contributed by atoms with Crippen molar-refractivity contribution in [1.29, 1.82) is 0 Å². The summed E-state index contributed by atoms with van der Waals surface area (Å²) in [6.45, 7) is 0.353. The Morgan fingerprint density at radius 3 is 2.28 bits per heavy atom. The van der Waals surface area contributed by atoms with E-state index in [1.54, 1.807) is 14.2 Å². The monoisotopic (exact) mass is 481 g/mol. The zero-order chi connectivity index (χ0) is 24.6. The fourth-order valence-corrected chi connectivity index (χ4v) is 6.25. The molecule has 1 amide bonds. The number of nitrogens with zero attached hydrogens (tertiary/aromatic N) is 1. The lowest BCUT2D eigenvalue weighted by Crippen LogP contribution is -2.51. The molecule has 5 heteroatoms. The van der Waals surface area contributed by atoms with Gasteiger partial charge in [-0.2, -0.15) is 0 Å². The Labute approximate surface area is 212 Å². The Morgan fingerprint density at radius 1 is 0.889 bits per heavy atom. The molecule has 0 saturated carbocycles. The van der Waals surface area contributed by atoms with Gasteiger partial charge < -0.3 is 14.2 Å². The first kappa shape index (κ1) is 22.7. The number of carbonyl (C=O) groups is 1. The van der Waals surface area contributed by atoms with Gasteiger partial charge in [-0.25, -0.2) is 4.79 Å². The molecule has 36 heavy (non-hydrogen) atoms. The highest BCUT2D eigenvalue weighted by atomic mass is 16.6. The summed E-state index contributed by atoms with van der Waals surface area (Å²) in [6.07, 6.45) is 5.87. The van der Waals surface area contributed by atoms with Crippen molar-refractivity contribution in [3.05, 3.63) is 89.5 Å². The van der Waals surface area contributed by atoms with Gasteiger partial charge in [0.25, 0.3) is 0 Å². The Balaban J connectivity index is 1.22. The van der Waals surface area contributed by atoms with E-state index < -0.39 is 0 Å². The normalized spacial score (nSPS) is 20.3. The predicted molar refractivity (Wildman–Crippen MR) is 140 cm³/mol. The van der Waals surface area contributed by atoms with Crippen LogP contribution >= 0.6 is 0 Å². The number of ether oxygens (including phenoxy) is 3. The third-order valence-electron chi connectivity index (χ3n) is 7.94. The maximum Gasteiger partial charge on any atom is 0.410 e. The second kappa shape index (κ2) is 9.38. The standard InChI is InChI=1S/C31H31NO4/c1-34-23-14-15-24(30(18-23)35-2)20-16-21-8-7-9-22(17-20)32(21)31(33)36-19-29-27-12-5-3-10-25(27)26-11-4-6-13-28(26)29/h3-6,10-16,18,21-22,29H,7-9,17,19H2,1-2H3. The Kier molecular flexibility index (Phi) is 5.92. The molecule has 2 bridgehead atoms. The van der Waals surface area contributed by atoms with Crippen molar-refractivity contribution < 1.29 is 19.0 Å². The van der Waals surface area contributed by atoms with E-state index in [0.29, 0.717) is 6.61 Å². The number of hydrogen-bond acceptors (Lipinski definition) is 4. The zero-order valence-corrected chi connectivity index (χ0v) is 20.8. The van der Waals surface area contributed by atoms with Crippen molar-refractivity contribution in [3.8, 4) is 22.6 Å². The summed E-state index contributed by atoms with van der Waals surface area (Å²) >= 11 is 0. The van der Waals surface area contributed by atoms with Crippen molar-refractivity contribution in [2.75, 3.05) is 20.8 Å². The summed E-state index contributed by atoms with van der Waals surface area (Å²) < 4.78 is 17.1. The van der Waals surface area contributed by atoms with Crippen molar-refractivity contribution >= 4 is 11.7 Å². The molecule has 0 N–H and O–H groups in total. The van der Waals surface area contributed by atoms with Crippen LogP contribution < -0.4 is 9.47 Å². The number of amides is 1. The van der Waals surface area contributed by atoms with Gasteiger partial charge in [0.05, 0.1) is 20.3 Å². The molecule has 1 aliphatic carbocycles. The van der Waals surface area contributed by atoms with E-state index >= 15 is 0 Å². The molecule has 2 unspecified atom stereocenters. The van der Waals surface area contributed by atoms with Crippen LogP contribution in [0.3, 0.4) is 0 Å². The van der Waals surface area contributed by atoms with Crippen molar-refractivity contribution in [2.45, 2.75) is 43.7 Å². The average molecular weight is 482 g/mol. The molecule has 0 radical (unpaired) electrons. The van der Waals surface area contributed by atoms with E-state index in [9.17, 15) is 4.79 Å². The maximum atomic E-state index is 13.5. The van der Waals surface area contributed by atoms with Crippen LogP contribution in [-0.4, -0.2) is 43.9 Å². The van der Waals surface area contributed by atoms with Crippen molar-refractivity contribution in [1.82, 2.24) is 4.90 Å². The minimum Gasteiger partial charge on any atom is -0.497 e. The van der Waals surface area contributed by atoms with Gasteiger partial charge in [0.15, 0.2) is 0 Å². The van der Waals surface area contributed by atoms with E-state index in [0.717, 1.165) is 42.7 Å². The Bertz CT molecular complexity index is 1280. The summed E-state index contributed by atoms with van der Waals surface area (Å²) in [5, 5.41) is 0. The third kappa shape index (κ3) is 3.83. The highest BCUT2D eigenvalue weighted by Gasteiger charge is 2.39. The fraction of sp³-hybridized carbons (Fsp3) is 0.323. The fourth-order valence-electron chi connectivity index (χ4n) is 6.25. The molecule has 1 saturated heterocycles. The number of rotatable bonds is 5. The molecule has 2 atom stereocenters. The topological polar surface area (TPSA) is 48.0 Å². The van der Waals surface area contributed by atoms with Crippen LogP contribution in [0.2, 0.25) is 0 Å². The van der Waals surface area contributed by atoms with Gasteiger partial charge >= 0.3 is 6.09 Å². The van der Waals surface area contributed by atoms with Gasteiger partial charge in [-0.3, -0.25) is 4.90 Å². The first-order valence-corrected chi connectivity index (χ1v) is 12.7. The minimum atomic E-state index is -0.205. The van der Waals surface area contributed by atoms with E-state index in [1.165, 1.54) is 27.8 Å². The summed E-state index contributed by atoms with van der Waals surface area (Å²) in [5.74, 6) is 1.64. The predicted octanol–water partition coefficient (Wildman–Crippen LogP) is 6.66. The Morgan fingerprint density at radius 2 is 1.61 bits per heavy atom. The summed E-state index contributed by atoms with van der Waals surface area (Å²) in [6, 6.07) is 23.0. The lowest BCUT2D eigenvalue weighted by molar-refractivity contribution is 0.0539. The van der Waals surface area contributed by atoms with E-state index in [4.69, 9.17) is 14.2 Å². The molecular weight excluding hydrogens is 450 g/mol. The van der Waals surface area contributed by atoms with Gasteiger partial charge in [0.2, 0.25) is 0 Å². The summed E-state index contributed by atoms with van der Waals surface area (Å²) in [7, 11) is 3.34. The number of methoxy groups -OCH3 is 2. The molecular formula is C31H31NO4. The lowest BCUT2D eigenvalue weighted by atomic mass is 9.83. The second-order valence-electron chi connectivity index (χ2n) is 9.83. The molecule has 3 aliphatic rings. The first-order chi connectivity index (χ1) is 17.7. The zero-order valence-electron chi connectivity index (χ0n) is 20.8. The van der Waals surface area contributed by atoms with E-state index in [1.807, 2.05) is 17.0 Å². The van der Waals surface area contributed by atoms with Crippen LogP contribution in [0.1, 0.15) is 48.3 Å². The van der Waals surface area contributed by atoms with Crippen LogP contribution in [0, 0.1) is 0 Å². The molecule has 5 nitrogen and oxygen atoms in total. The molecule has 3 aromatic carbocycles. The highest BCUT2D eigenvalue weighted by molar-refractivity contribution is 5.80. The largest absolute Gasteiger partial charge is 0.497 e. The smallest absolute Gasteiger partial charge is 0.410 e. The molecule has 0 aromatic heterocycles. The average Bonchev–Trinajstić information content (AvgIpc) is 3.24. The molecule has 6 rings (SSSR count). The Hall–Kier alpha value is -3.73. The van der Waals surface area contributed by atoms with E-state index in [2.05, 4.69) is 60.7 Å². The van der Waals surface area contributed by atoms with Crippen LogP contribution in [-0.2, 0) is 4.74 Å². The molecule has 3 aromatic rings. The summed E-state index contributed by atoms with van der Waals surface area (Å²) in [5.41, 5.74) is 7.25. The van der Waals surface area contributed by atoms with Crippen LogP contribution in [0.25, 0.3) is 16.7 Å². The van der Waals surface area contributed by atoms with Crippen LogP contribution in [0.5, 0.6) is 11.5 Å². The molecule has 0 spiro atoms.